The van der Waals surface area contributed by atoms with E-state index in [9.17, 15) is 9.18 Å². The van der Waals surface area contributed by atoms with Crippen LogP contribution in [0.2, 0.25) is 0 Å². The van der Waals surface area contributed by atoms with E-state index in [-0.39, 0.29) is 24.9 Å². The van der Waals surface area contributed by atoms with Gasteiger partial charge in [-0.25, -0.2) is 4.39 Å². The van der Waals surface area contributed by atoms with E-state index in [0.29, 0.717) is 35.9 Å². The molecule has 1 aliphatic heterocycles. The van der Waals surface area contributed by atoms with E-state index in [1.807, 2.05) is 6.92 Å². The average molecular weight is 333 g/mol. The molecule has 0 unspecified atom stereocenters. The smallest absolute Gasteiger partial charge is 0.253 e. The molecule has 6 nitrogen and oxygen atoms in total. The minimum atomic E-state index is -0.299. The van der Waals surface area contributed by atoms with Crippen molar-refractivity contribution in [1.82, 2.24) is 10.1 Å². The summed E-state index contributed by atoms with van der Waals surface area (Å²) < 4.78 is 24.3. The zero-order valence-electron chi connectivity index (χ0n) is 13.8. The highest BCUT2D eigenvalue weighted by atomic mass is 19.1. The molecule has 3 rings (SSSR count). The highest BCUT2D eigenvalue weighted by Gasteiger charge is 2.25. The van der Waals surface area contributed by atoms with Crippen molar-refractivity contribution in [2.45, 2.75) is 39.7 Å². The van der Waals surface area contributed by atoms with E-state index in [0.717, 1.165) is 18.4 Å². The van der Waals surface area contributed by atoms with Gasteiger partial charge in [0.2, 0.25) is 0 Å². The van der Waals surface area contributed by atoms with Gasteiger partial charge in [0.15, 0.2) is 5.82 Å². The van der Waals surface area contributed by atoms with Crippen LogP contribution in [0, 0.1) is 12.7 Å². The number of carbonyl (C=O) groups excluding carboxylic acids is 1. The van der Waals surface area contributed by atoms with Crippen LogP contribution in [0.1, 0.15) is 36.2 Å². The number of carbonyl (C=O) groups is 1. The molecular formula is C17H20FN3O3. The maximum absolute atomic E-state index is 13.9. The molecule has 128 valence electrons. The number of hydrogen-bond donors (Lipinski definition) is 0. The molecule has 0 radical (unpaired) electrons. The van der Waals surface area contributed by atoms with Gasteiger partial charge in [0.25, 0.3) is 11.8 Å². The van der Waals surface area contributed by atoms with E-state index >= 15 is 0 Å². The zero-order valence-corrected chi connectivity index (χ0v) is 13.8. The lowest BCUT2D eigenvalue weighted by atomic mass is 9.98. The van der Waals surface area contributed by atoms with Crippen molar-refractivity contribution < 1.29 is 18.4 Å². The lowest BCUT2D eigenvalue weighted by Crippen LogP contribution is -2.38. The van der Waals surface area contributed by atoms with E-state index in [4.69, 9.17) is 9.26 Å². The molecule has 0 fully saturated rings. The van der Waals surface area contributed by atoms with E-state index < -0.39 is 0 Å². The van der Waals surface area contributed by atoms with Gasteiger partial charge in [0.05, 0.1) is 5.69 Å². The number of hydrogen-bond acceptors (Lipinski definition) is 5. The van der Waals surface area contributed by atoms with Gasteiger partial charge >= 0.3 is 0 Å². The fraction of sp³-hybridized carbons (Fsp3) is 0.471. The first-order chi connectivity index (χ1) is 11.6. The Morgan fingerprint density at radius 2 is 2.29 bits per heavy atom. The maximum Gasteiger partial charge on any atom is 0.253 e. The second kappa shape index (κ2) is 7.09. The van der Waals surface area contributed by atoms with Gasteiger partial charge in [0.1, 0.15) is 19.0 Å². The van der Waals surface area contributed by atoms with Crippen LogP contribution in [-0.4, -0.2) is 29.2 Å². The van der Waals surface area contributed by atoms with Crippen LogP contribution >= 0.6 is 0 Å². The SMILES string of the molecule is CCc1noc(COCC(=O)N2CCCc3ccc(F)c(C)c32)n1. The third kappa shape index (κ3) is 3.31. The van der Waals surface area contributed by atoms with Gasteiger partial charge in [-0.05, 0) is 31.4 Å². The Bertz CT molecular complexity index is 745. The number of fused-ring (bicyclic) bond motifs is 1. The van der Waals surface area contributed by atoms with Crippen molar-refractivity contribution in [3.63, 3.8) is 0 Å². The number of amides is 1. The molecular weight excluding hydrogens is 313 g/mol. The number of ether oxygens (including phenoxy) is 1. The van der Waals surface area contributed by atoms with E-state index in [2.05, 4.69) is 10.1 Å². The zero-order chi connectivity index (χ0) is 17.1. The first-order valence-corrected chi connectivity index (χ1v) is 8.07. The Morgan fingerprint density at radius 1 is 1.46 bits per heavy atom. The van der Waals surface area contributed by atoms with Crippen LogP contribution in [0.15, 0.2) is 16.7 Å². The standard InChI is InChI=1S/C17H20FN3O3/c1-3-14-19-15(24-20-14)9-23-10-16(22)21-8-4-5-12-6-7-13(18)11(2)17(12)21/h6-7H,3-5,8-10H2,1-2H3. The molecule has 0 bridgehead atoms. The van der Waals surface area contributed by atoms with Crippen LogP contribution in [0.5, 0.6) is 0 Å². The molecule has 1 aromatic heterocycles. The summed E-state index contributed by atoms with van der Waals surface area (Å²) in [7, 11) is 0. The molecule has 0 aliphatic carbocycles. The third-order valence-corrected chi connectivity index (χ3v) is 4.12. The Balaban J connectivity index is 1.65. The quantitative estimate of drug-likeness (QED) is 0.841. The normalized spacial score (nSPS) is 13.9. The number of benzene rings is 1. The van der Waals surface area contributed by atoms with Gasteiger partial charge in [-0.15, -0.1) is 0 Å². The summed E-state index contributed by atoms with van der Waals surface area (Å²) in [5.41, 5.74) is 2.18. The van der Waals surface area contributed by atoms with Crippen LogP contribution in [0.3, 0.4) is 0 Å². The van der Waals surface area contributed by atoms with Gasteiger partial charge in [-0.1, -0.05) is 18.1 Å². The average Bonchev–Trinajstić information content (AvgIpc) is 3.05. The molecule has 0 saturated carbocycles. The van der Waals surface area contributed by atoms with Gasteiger partial charge in [0, 0.05) is 18.5 Å². The van der Waals surface area contributed by atoms with Crippen molar-refractivity contribution in [2.75, 3.05) is 18.1 Å². The summed E-state index contributed by atoms with van der Waals surface area (Å²) in [4.78, 5) is 18.2. The molecule has 1 aromatic carbocycles. The van der Waals surface area contributed by atoms with Gasteiger partial charge in [-0.2, -0.15) is 4.98 Å². The predicted octanol–water partition coefficient (Wildman–Crippen LogP) is 2.58. The Morgan fingerprint density at radius 3 is 3.04 bits per heavy atom. The predicted molar refractivity (Wildman–Crippen MR) is 85.1 cm³/mol. The molecule has 0 spiro atoms. The highest BCUT2D eigenvalue weighted by Crippen LogP contribution is 2.32. The van der Waals surface area contributed by atoms with Crippen molar-refractivity contribution in [3.8, 4) is 0 Å². The van der Waals surface area contributed by atoms with Crippen LogP contribution in [0.25, 0.3) is 0 Å². The fourth-order valence-corrected chi connectivity index (χ4v) is 2.89. The van der Waals surface area contributed by atoms with Crippen LogP contribution in [0.4, 0.5) is 10.1 Å². The largest absolute Gasteiger partial charge is 0.362 e. The molecule has 24 heavy (non-hydrogen) atoms. The number of aromatic nitrogens is 2. The lowest BCUT2D eigenvalue weighted by molar-refractivity contribution is -0.123. The topological polar surface area (TPSA) is 68.5 Å². The van der Waals surface area contributed by atoms with E-state index in [1.165, 1.54) is 6.07 Å². The Labute approximate surface area is 139 Å². The molecule has 2 aromatic rings. The number of anilines is 1. The second-order valence-corrected chi connectivity index (χ2v) is 5.78. The van der Waals surface area contributed by atoms with E-state index in [1.54, 1.807) is 17.9 Å². The van der Waals surface area contributed by atoms with Crippen molar-refractivity contribution in [2.24, 2.45) is 0 Å². The number of nitrogens with zero attached hydrogens (tertiary/aromatic N) is 3. The molecule has 0 N–H and O–H groups in total. The summed E-state index contributed by atoms with van der Waals surface area (Å²) in [5.74, 6) is 0.462. The molecule has 7 heteroatoms. The van der Waals surface area contributed by atoms with Crippen molar-refractivity contribution >= 4 is 11.6 Å². The maximum atomic E-state index is 13.9. The number of halogens is 1. The summed E-state index contributed by atoms with van der Waals surface area (Å²) in [6.45, 7) is 4.17. The molecule has 0 atom stereocenters. The Hall–Kier alpha value is -2.28. The summed E-state index contributed by atoms with van der Waals surface area (Å²) >= 11 is 0. The fourth-order valence-electron chi connectivity index (χ4n) is 2.89. The first kappa shape index (κ1) is 16.6. The molecule has 1 amide bonds. The minimum absolute atomic E-state index is 0.0849. The van der Waals surface area contributed by atoms with Crippen molar-refractivity contribution in [3.05, 3.63) is 40.8 Å². The number of rotatable bonds is 5. The first-order valence-electron chi connectivity index (χ1n) is 8.07. The summed E-state index contributed by atoms with van der Waals surface area (Å²) in [6, 6.07) is 3.21. The lowest BCUT2D eigenvalue weighted by Gasteiger charge is -2.31. The van der Waals surface area contributed by atoms with Gasteiger partial charge in [-0.3, -0.25) is 4.79 Å². The van der Waals surface area contributed by atoms with Crippen LogP contribution < -0.4 is 4.90 Å². The summed E-state index contributed by atoms with van der Waals surface area (Å²) in [6.07, 6.45) is 2.38. The molecule has 1 aliphatic rings. The number of aryl methyl sites for hydroxylation is 2. The molecule has 0 saturated heterocycles. The van der Waals surface area contributed by atoms with Gasteiger partial charge < -0.3 is 14.2 Å². The Kier molecular flexibility index (Phi) is 4.89. The second-order valence-electron chi connectivity index (χ2n) is 5.78. The highest BCUT2D eigenvalue weighted by molar-refractivity contribution is 5.96. The molecule has 2 heterocycles. The van der Waals surface area contributed by atoms with Crippen molar-refractivity contribution in [1.29, 1.82) is 0 Å². The monoisotopic (exact) mass is 333 g/mol. The summed E-state index contributed by atoms with van der Waals surface area (Å²) in [5, 5.41) is 3.77. The minimum Gasteiger partial charge on any atom is -0.362 e. The van der Waals surface area contributed by atoms with Crippen LogP contribution in [-0.2, 0) is 29.0 Å². The third-order valence-electron chi connectivity index (χ3n) is 4.12.